The predicted octanol–water partition coefficient (Wildman–Crippen LogP) is 2.85. The minimum atomic E-state index is 1.06. The summed E-state index contributed by atoms with van der Waals surface area (Å²) in [5.74, 6) is 0. The van der Waals surface area contributed by atoms with Gasteiger partial charge in [-0.05, 0) is 25.5 Å². The molecule has 0 fully saturated rings. The molecule has 0 aromatic carbocycles. The van der Waals surface area contributed by atoms with Crippen LogP contribution in [0.15, 0.2) is 42.2 Å². The van der Waals surface area contributed by atoms with Crippen LogP contribution in [0.1, 0.15) is 13.8 Å². The standard InChI is InChI=1S/C9H12/c1-4-6-7-8-9(3)5-2/h4-7H,2H2,1,3H3/b6-4-. The van der Waals surface area contributed by atoms with E-state index in [4.69, 9.17) is 0 Å². The lowest BCUT2D eigenvalue weighted by Gasteiger charge is -1.76. The minimum absolute atomic E-state index is 1.06. The van der Waals surface area contributed by atoms with Gasteiger partial charge in [-0.2, -0.15) is 0 Å². The van der Waals surface area contributed by atoms with Crippen molar-refractivity contribution in [2.45, 2.75) is 13.8 Å². The van der Waals surface area contributed by atoms with Gasteiger partial charge in [0.05, 0.1) is 0 Å². The maximum absolute atomic E-state index is 3.60. The van der Waals surface area contributed by atoms with Gasteiger partial charge in [-0.1, -0.05) is 24.8 Å². The Labute approximate surface area is 56.9 Å². The average molecular weight is 120 g/mol. The smallest absolute Gasteiger partial charge is 0.00973 e. The molecule has 0 heterocycles. The second kappa shape index (κ2) is 5.14. The summed E-state index contributed by atoms with van der Waals surface area (Å²) < 4.78 is 0. The zero-order valence-corrected chi connectivity index (χ0v) is 6.02. The van der Waals surface area contributed by atoms with Gasteiger partial charge in [0.1, 0.15) is 0 Å². The zero-order chi connectivity index (χ0) is 7.11. The van der Waals surface area contributed by atoms with Gasteiger partial charge >= 0.3 is 0 Å². The molecule has 0 saturated heterocycles. The molecule has 0 spiro atoms. The summed E-state index contributed by atoms with van der Waals surface area (Å²) in [4.78, 5) is 0. The predicted molar refractivity (Wildman–Crippen MR) is 42.3 cm³/mol. The second-order valence-electron chi connectivity index (χ2n) is 1.72. The number of rotatable bonds is 2. The molecule has 0 aliphatic carbocycles. The summed E-state index contributed by atoms with van der Waals surface area (Å²) in [6.07, 6.45) is 7.55. The highest BCUT2D eigenvalue weighted by molar-refractivity contribution is 5.15. The first-order chi connectivity index (χ1) is 4.31. The lowest BCUT2D eigenvalue weighted by molar-refractivity contribution is 1.55. The fourth-order valence-electron chi connectivity index (χ4n) is 0.335. The van der Waals surface area contributed by atoms with Crippen LogP contribution in [0.25, 0.3) is 0 Å². The lowest BCUT2D eigenvalue weighted by Crippen LogP contribution is -1.56. The van der Waals surface area contributed by atoms with Gasteiger partial charge in [0.15, 0.2) is 0 Å². The van der Waals surface area contributed by atoms with Crippen LogP contribution in [0.3, 0.4) is 0 Å². The first-order valence-electron chi connectivity index (χ1n) is 2.98. The molecule has 0 amide bonds. The van der Waals surface area contributed by atoms with Crippen molar-refractivity contribution in [2.24, 2.45) is 0 Å². The van der Waals surface area contributed by atoms with E-state index in [9.17, 15) is 0 Å². The van der Waals surface area contributed by atoms with Crippen LogP contribution in [0.4, 0.5) is 0 Å². The fraction of sp³-hybridized carbons (Fsp3) is 0.222. The van der Waals surface area contributed by atoms with E-state index in [-0.39, 0.29) is 0 Å². The molecule has 0 heteroatoms. The van der Waals surface area contributed by atoms with E-state index >= 15 is 0 Å². The quantitative estimate of drug-likeness (QED) is 0.388. The van der Waals surface area contributed by atoms with E-state index in [1.165, 1.54) is 0 Å². The Morgan fingerprint density at radius 1 is 1.56 bits per heavy atom. The van der Waals surface area contributed by atoms with Crippen LogP contribution in [-0.2, 0) is 0 Å². The molecule has 0 aliphatic rings. The Kier molecular flexibility index (Phi) is 4.57. The molecule has 0 aromatic heterocycles. The highest BCUT2D eigenvalue weighted by Gasteiger charge is 1.67. The first-order valence-corrected chi connectivity index (χ1v) is 2.98. The van der Waals surface area contributed by atoms with Gasteiger partial charge in [-0.3, -0.25) is 0 Å². The van der Waals surface area contributed by atoms with Gasteiger partial charge in [-0.15, -0.1) is 5.73 Å². The topological polar surface area (TPSA) is 0 Å². The van der Waals surface area contributed by atoms with Crippen LogP contribution in [0, 0.1) is 0 Å². The van der Waals surface area contributed by atoms with Crippen molar-refractivity contribution in [1.82, 2.24) is 0 Å². The van der Waals surface area contributed by atoms with Crippen molar-refractivity contribution >= 4 is 0 Å². The van der Waals surface area contributed by atoms with Gasteiger partial charge < -0.3 is 0 Å². The first kappa shape index (κ1) is 8.00. The van der Waals surface area contributed by atoms with Crippen LogP contribution >= 0.6 is 0 Å². The van der Waals surface area contributed by atoms with E-state index in [1.807, 2.05) is 32.1 Å². The monoisotopic (exact) mass is 120 g/mol. The van der Waals surface area contributed by atoms with Crippen LogP contribution in [0.5, 0.6) is 0 Å². The Morgan fingerprint density at radius 2 is 2.22 bits per heavy atom. The molecule has 0 aromatic rings. The molecule has 0 atom stereocenters. The minimum Gasteiger partial charge on any atom is -0.118 e. The number of hydrogen-bond donors (Lipinski definition) is 0. The largest absolute Gasteiger partial charge is 0.118 e. The summed E-state index contributed by atoms with van der Waals surface area (Å²) in [6.45, 7) is 7.53. The van der Waals surface area contributed by atoms with E-state index in [0.29, 0.717) is 0 Å². The van der Waals surface area contributed by atoms with Crippen LogP contribution in [0.2, 0.25) is 0 Å². The van der Waals surface area contributed by atoms with Crippen molar-refractivity contribution in [2.75, 3.05) is 0 Å². The molecule has 9 heavy (non-hydrogen) atoms. The Morgan fingerprint density at radius 3 is 2.67 bits per heavy atom. The van der Waals surface area contributed by atoms with E-state index < -0.39 is 0 Å². The molecule has 0 nitrogen and oxygen atoms in total. The normalized spacial score (nSPS) is 8.67. The van der Waals surface area contributed by atoms with E-state index in [1.54, 1.807) is 6.08 Å². The zero-order valence-electron chi connectivity index (χ0n) is 6.02. The molecular weight excluding hydrogens is 108 g/mol. The molecule has 0 saturated carbocycles. The van der Waals surface area contributed by atoms with Crippen LogP contribution < -0.4 is 0 Å². The van der Waals surface area contributed by atoms with E-state index in [0.717, 1.165) is 5.57 Å². The maximum Gasteiger partial charge on any atom is -0.00973 e. The lowest BCUT2D eigenvalue weighted by atomic mass is 10.3. The average Bonchev–Trinajstić information content (AvgIpc) is 1.89. The molecular formula is C9H12. The van der Waals surface area contributed by atoms with Crippen molar-refractivity contribution in [3.05, 3.63) is 42.2 Å². The summed E-state index contributed by atoms with van der Waals surface area (Å²) in [5.41, 5.74) is 4.08. The maximum atomic E-state index is 3.60. The Bertz CT molecular complexity index is 164. The highest BCUT2D eigenvalue weighted by Crippen LogP contribution is 1.87. The third-order valence-corrected chi connectivity index (χ3v) is 0.906. The SMILES string of the molecule is C=CC(C)=C=C/C=C\C. The summed E-state index contributed by atoms with van der Waals surface area (Å²) in [6, 6.07) is 0. The van der Waals surface area contributed by atoms with Crippen molar-refractivity contribution in [3.63, 3.8) is 0 Å². The third kappa shape index (κ3) is 4.86. The van der Waals surface area contributed by atoms with Crippen LogP contribution in [-0.4, -0.2) is 0 Å². The fourth-order valence-corrected chi connectivity index (χ4v) is 0.335. The second-order valence-corrected chi connectivity index (χ2v) is 1.72. The molecule has 48 valence electrons. The van der Waals surface area contributed by atoms with Gasteiger partial charge in [0.2, 0.25) is 0 Å². The molecule has 0 aliphatic heterocycles. The van der Waals surface area contributed by atoms with Crippen molar-refractivity contribution in [1.29, 1.82) is 0 Å². The van der Waals surface area contributed by atoms with Gasteiger partial charge in [0.25, 0.3) is 0 Å². The van der Waals surface area contributed by atoms with E-state index in [2.05, 4.69) is 12.3 Å². The van der Waals surface area contributed by atoms with Crippen molar-refractivity contribution in [3.8, 4) is 0 Å². The highest BCUT2D eigenvalue weighted by atomic mass is 13.7. The van der Waals surface area contributed by atoms with Crippen molar-refractivity contribution < 1.29 is 0 Å². The Balaban J connectivity index is 4.07. The summed E-state index contributed by atoms with van der Waals surface area (Å²) >= 11 is 0. The molecule has 0 rings (SSSR count). The number of hydrogen-bond acceptors (Lipinski definition) is 0. The summed E-state index contributed by atoms with van der Waals surface area (Å²) in [7, 11) is 0. The number of allylic oxidation sites excluding steroid dienone is 4. The van der Waals surface area contributed by atoms with Gasteiger partial charge in [0, 0.05) is 0 Å². The molecule has 0 unspecified atom stereocenters. The Hall–Kier alpha value is -1.00. The van der Waals surface area contributed by atoms with Gasteiger partial charge in [-0.25, -0.2) is 0 Å². The molecule has 0 N–H and O–H groups in total. The molecule has 0 bridgehead atoms. The molecule has 0 radical (unpaired) electrons. The summed E-state index contributed by atoms with van der Waals surface area (Å²) in [5, 5.41) is 0. The third-order valence-electron chi connectivity index (χ3n) is 0.906.